The zero-order chi connectivity index (χ0) is 18.9. The van der Waals surface area contributed by atoms with Crippen molar-refractivity contribution in [2.75, 3.05) is 0 Å². The quantitative estimate of drug-likeness (QED) is 0.719. The number of amides is 1. The van der Waals surface area contributed by atoms with Crippen molar-refractivity contribution in [1.29, 1.82) is 0 Å². The van der Waals surface area contributed by atoms with Gasteiger partial charge in [-0.15, -0.1) is 19.1 Å². The Morgan fingerprint density at radius 2 is 1.92 bits per heavy atom. The maximum absolute atomic E-state index is 12.6. The average molecular weight is 380 g/mol. The maximum atomic E-state index is 12.6. The molecule has 0 radical (unpaired) electrons. The normalized spacial score (nSPS) is 13.3. The monoisotopic (exact) mass is 379 g/mol. The van der Waals surface area contributed by atoms with E-state index < -0.39 is 6.36 Å². The molecule has 1 aliphatic rings. The van der Waals surface area contributed by atoms with Crippen LogP contribution in [0.4, 0.5) is 13.2 Å². The zero-order valence-corrected chi connectivity index (χ0v) is 14.4. The van der Waals surface area contributed by atoms with Crippen molar-refractivity contribution >= 4 is 17.5 Å². The summed E-state index contributed by atoms with van der Waals surface area (Å²) in [4.78, 5) is 14.2. The van der Waals surface area contributed by atoms with Gasteiger partial charge in [0.05, 0.1) is 10.6 Å². The standard InChI is InChI=1S/C19H13ClF3NO2/c1-2-3-13-8-14-11-24(18(25)17(14)16(20)9-13)10-12-4-6-15(7-5-12)26-19(21,22)23/h4-9H,10-11H2,1H3. The Kier molecular flexibility index (Phi) is 4.84. The van der Waals surface area contributed by atoms with Crippen molar-refractivity contribution in [2.24, 2.45) is 0 Å². The molecule has 0 N–H and O–H groups in total. The number of alkyl halides is 3. The van der Waals surface area contributed by atoms with Gasteiger partial charge in [0.1, 0.15) is 5.75 Å². The Morgan fingerprint density at radius 1 is 1.23 bits per heavy atom. The number of nitrogens with zero attached hydrogens (tertiary/aromatic N) is 1. The first-order valence-electron chi connectivity index (χ1n) is 7.66. The molecular weight excluding hydrogens is 367 g/mol. The Balaban J connectivity index is 1.76. The van der Waals surface area contributed by atoms with Gasteiger partial charge in [0.2, 0.25) is 0 Å². The fourth-order valence-electron chi connectivity index (χ4n) is 2.82. The van der Waals surface area contributed by atoms with Gasteiger partial charge >= 0.3 is 6.36 Å². The average Bonchev–Trinajstić information content (AvgIpc) is 2.84. The molecule has 0 spiro atoms. The lowest BCUT2D eigenvalue weighted by Crippen LogP contribution is -2.23. The molecule has 2 aromatic carbocycles. The number of carbonyl (C=O) groups excluding carboxylic acids is 1. The second kappa shape index (κ2) is 6.93. The van der Waals surface area contributed by atoms with E-state index in [4.69, 9.17) is 11.6 Å². The molecule has 1 heterocycles. The third-order valence-electron chi connectivity index (χ3n) is 3.83. The molecule has 0 saturated carbocycles. The Bertz CT molecular complexity index is 911. The second-order valence-corrected chi connectivity index (χ2v) is 6.13. The highest BCUT2D eigenvalue weighted by Gasteiger charge is 2.32. The first kappa shape index (κ1) is 18.2. The maximum Gasteiger partial charge on any atom is 0.573 e. The van der Waals surface area contributed by atoms with Crippen LogP contribution in [-0.4, -0.2) is 17.2 Å². The van der Waals surface area contributed by atoms with E-state index in [1.807, 2.05) is 6.07 Å². The highest BCUT2D eigenvalue weighted by Crippen LogP contribution is 2.32. The first-order valence-corrected chi connectivity index (χ1v) is 8.04. The van der Waals surface area contributed by atoms with Crippen LogP contribution in [-0.2, 0) is 13.1 Å². The van der Waals surface area contributed by atoms with Crippen molar-refractivity contribution in [3.05, 3.63) is 63.7 Å². The summed E-state index contributed by atoms with van der Waals surface area (Å²) < 4.78 is 40.4. The molecule has 0 atom stereocenters. The van der Waals surface area contributed by atoms with Crippen molar-refractivity contribution in [3.8, 4) is 17.6 Å². The van der Waals surface area contributed by atoms with Gasteiger partial charge in [-0.05, 0) is 42.3 Å². The molecule has 3 nitrogen and oxygen atoms in total. The third kappa shape index (κ3) is 3.94. The van der Waals surface area contributed by atoms with Gasteiger partial charge in [0, 0.05) is 18.7 Å². The summed E-state index contributed by atoms with van der Waals surface area (Å²) in [5, 5.41) is 0.349. The van der Waals surface area contributed by atoms with Gasteiger partial charge in [-0.1, -0.05) is 29.7 Å². The Labute approximate surface area is 153 Å². The van der Waals surface area contributed by atoms with E-state index in [0.29, 0.717) is 22.7 Å². The number of rotatable bonds is 3. The van der Waals surface area contributed by atoms with Gasteiger partial charge < -0.3 is 9.64 Å². The molecule has 0 bridgehead atoms. The van der Waals surface area contributed by atoms with Crippen LogP contribution in [0.5, 0.6) is 5.75 Å². The molecule has 2 aromatic rings. The molecule has 0 fully saturated rings. The minimum atomic E-state index is -4.73. The van der Waals surface area contributed by atoms with Crippen molar-refractivity contribution < 1.29 is 22.7 Å². The number of carbonyl (C=O) groups is 1. The summed E-state index contributed by atoms with van der Waals surface area (Å²) in [6.07, 6.45) is -4.73. The van der Waals surface area contributed by atoms with Crippen molar-refractivity contribution in [1.82, 2.24) is 4.90 Å². The summed E-state index contributed by atoms with van der Waals surface area (Å²) >= 11 is 6.22. The lowest BCUT2D eigenvalue weighted by atomic mass is 10.1. The first-order chi connectivity index (χ1) is 12.3. The Hall–Kier alpha value is -2.65. The smallest absolute Gasteiger partial charge is 0.406 e. The predicted molar refractivity (Wildman–Crippen MR) is 90.7 cm³/mol. The van der Waals surface area contributed by atoms with Crippen LogP contribution in [0.25, 0.3) is 0 Å². The number of hydrogen-bond donors (Lipinski definition) is 0. The van der Waals surface area contributed by atoms with Crippen LogP contribution < -0.4 is 4.74 Å². The van der Waals surface area contributed by atoms with Crippen LogP contribution in [0.3, 0.4) is 0 Å². The SMILES string of the molecule is CC#Cc1cc(Cl)c2c(c1)CN(Cc1ccc(OC(F)(F)F)cc1)C2=O. The van der Waals surface area contributed by atoms with Gasteiger partial charge in [0.15, 0.2) is 0 Å². The van der Waals surface area contributed by atoms with Crippen LogP contribution in [0.1, 0.15) is 34.0 Å². The van der Waals surface area contributed by atoms with E-state index in [0.717, 1.165) is 11.1 Å². The molecule has 3 rings (SSSR count). The lowest BCUT2D eigenvalue weighted by molar-refractivity contribution is -0.274. The number of hydrogen-bond acceptors (Lipinski definition) is 2. The topological polar surface area (TPSA) is 29.5 Å². The molecule has 26 heavy (non-hydrogen) atoms. The van der Waals surface area contributed by atoms with Gasteiger partial charge in [-0.25, -0.2) is 0 Å². The molecule has 134 valence electrons. The molecule has 1 aliphatic heterocycles. The number of benzene rings is 2. The van der Waals surface area contributed by atoms with E-state index in [-0.39, 0.29) is 18.2 Å². The summed E-state index contributed by atoms with van der Waals surface area (Å²) in [6, 6.07) is 8.91. The van der Waals surface area contributed by atoms with Crippen LogP contribution >= 0.6 is 11.6 Å². The molecule has 0 unspecified atom stereocenters. The van der Waals surface area contributed by atoms with Crippen LogP contribution in [0, 0.1) is 11.8 Å². The lowest BCUT2D eigenvalue weighted by Gasteiger charge is -2.16. The zero-order valence-electron chi connectivity index (χ0n) is 13.7. The molecular formula is C19H13ClF3NO2. The van der Waals surface area contributed by atoms with E-state index >= 15 is 0 Å². The van der Waals surface area contributed by atoms with Crippen molar-refractivity contribution in [3.63, 3.8) is 0 Å². The number of ether oxygens (including phenoxy) is 1. The van der Waals surface area contributed by atoms with Crippen LogP contribution in [0.2, 0.25) is 5.02 Å². The number of fused-ring (bicyclic) bond motifs is 1. The second-order valence-electron chi connectivity index (χ2n) is 5.72. The summed E-state index contributed by atoms with van der Waals surface area (Å²) in [5.74, 6) is 5.18. The van der Waals surface area contributed by atoms with E-state index in [1.54, 1.807) is 17.9 Å². The van der Waals surface area contributed by atoms with Gasteiger partial charge in [-0.3, -0.25) is 4.79 Å². The summed E-state index contributed by atoms with van der Waals surface area (Å²) in [5.41, 5.74) is 2.66. The van der Waals surface area contributed by atoms with Crippen LogP contribution in [0.15, 0.2) is 36.4 Å². The highest BCUT2D eigenvalue weighted by molar-refractivity contribution is 6.34. The van der Waals surface area contributed by atoms with Gasteiger partial charge in [0.25, 0.3) is 5.91 Å². The van der Waals surface area contributed by atoms with E-state index in [9.17, 15) is 18.0 Å². The van der Waals surface area contributed by atoms with E-state index in [1.165, 1.54) is 24.3 Å². The van der Waals surface area contributed by atoms with E-state index in [2.05, 4.69) is 16.6 Å². The van der Waals surface area contributed by atoms with Gasteiger partial charge in [-0.2, -0.15) is 0 Å². The van der Waals surface area contributed by atoms with Crippen molar-refractivity contribution in [2.45, 2.75) is 26.4 Å². The minimum absolute atomic E-state index is 0.211. The fourth-order valence-corrected chi connectivity index (χ4v) is 3.14. The highest BCUT2D eigenvalue weighted by atomic mass is 35.5. The summed E-state index contributed by atoms with van der Waals surface area (Å²) in [6.45, 7) is 2.34. The Morgan fingerprint density at radius 3 is 2.54 bits per heavy atom. The minimum Gasteiger partial charge on any atom is -0.406 e. The number of halogens is 4. The third-order valence-corrected chi connectivity index (χ3v) is 4.13. The molecule has 1 amide bonds. The largest absolute Gasteiger partial charge is 0.573 e. The predicted octanol–water partition coefficient (Wildman–Crippen LogP) is 4.77. The molecule has 0 saturated heterocycles. The fraction of sp³-hybridized carbons (Fsp3) is 0.211. The molecule has 7 heteroatoms. The summed E-state index contributed by atoms with van der Waals surface area (Å²) in [7, 11) is 0. The molecule has 0 aliphatic carbocycles. The molecule has 0 aromatic heterocycles.